The van der Waals surface area contributed by atoms with Crippen molar-refractivity contribution in [1.29, 1.82) is 0 Å². The molecule has 0 fully saturated rings. The van der Waals surface area contributed by atoms with E-state index in [0.717, 1.165) is 32.4 Å². The number of nitrogens with two attached hydrogens (primary N) is 1. The highest BCUT2D eigenvalue weighted by Crippen LogP contribution is 2.07. The van der Waals surface area contributed by atoms with Crippen molar-refractivity contribution >= 4 is 5.91 Å². The number of hydrogen-bond acceptors (Lipinski definition) is 2. The molecular formula is C15H32N2O. The van der Waals surface area contributed by atoms with Gasteiger partial charge in [0.1, 0.15) is 0 Å². The first-order valence-corrected chi connectivity index (χ1v) is 7.67. The Labute approximate surface area is 113 Å². The Morgan fingerprint density at radius 1 is 1.11 bits per heavy atom. The van der Waals surface area contributed by atoms with Crippen molar-refractivity contribution in [2.45, 2.75) is 71.6 Å². The van der Waals surface area contributed by atoms with Crippen LogP contribution in [0.25, 0.3) is 0 Å². The second kappa shape index (κ2) is 12.9. The van der Waals surface area contributed by atoms with E-state index in [-0.39, 0.29) is 5.91 Å². The molecule has 3 nitrogen and oxygen atoms in total. The van der Waals surface area contributed by atoms with Crippen LogP contribution >= 0.6 is 0 Å². The number of nitrogens with one attached hydrogen (secondary N) is 1. The lowest BCUT2D eigenvalue weighted by atomic mass is 10.1. The van der Waals surface area contributed by atoms with Crippen molar-refractivity contribution in [3.63, 3.8) is 0 Å². The SMILES string of the molecule is CCCCCCCCC(=O)NCCCC(C)CN. The summed E-state index contributed by atoms with van der Waals surface area (Å²) in [5, 5.41) is 2.98. The van der Waals surface area contributed by atoms with Crippen molar-refractivity contribution in [2.75, 3.05) is 13.1 Å². The molecule has 3 heteroatoms. The molecule has 0 saturated carbocycles. The fraction of sp³-hybridized carbons (Fsp3) is 0.933. The minimum atomic E-state index is 0.214. The van der Waals surface area contributed by atoms with E-state index in [1.807, 2.05) is 0 Å². The lowest BCUT2D eigenvalue weighted by molar-refractivity contribution is -0.121. The average Bonchev–Trinajstić information content (AvgIpc) is 2.38. The number of carbonyl (C=O) groups is 1. The Balaban J connectivity index is 3.22. The standard InChI is InChI=1S/C15H32N2O/c1-3-4-5-6-7-8-11-15(18)17-12-9-10-14(2)13-16/h14H,3-13,16H2,1-2H3,(H,17,18). The summed E-state index contributed by atoms with van der Waals surface area (Å²) in [7, 11) is 0. The molecule has 0 radical (unpaired) electrons. The number of rotatable bonds is 12. The summed E-state index contributed by atoms with van der Waals surface area (Å²) in [5.41, 5.74) is 5.54. The molecule has 0 saturated heterocycles. The summed E-state index contributed by atoms with van der Waals surface area (Å²) in [5.74, 6) is 0.784. The Kier molecular flexibility index (Phi) is 12.5. The van der Waals surface area contributed by atoms with Gasteiger partial charge in [-0.25, -0.2) is 0 Å². The molecule has 0 rings (SSSR count). The Morgan fingerprint density at radius 3 is 2.44 bits per heavy atom. The maximum absolute atomic E-state index is 11.5. The third-order valence-corrected chi connectivity index (χ3v) is 3.36. The monoisotopic (exact) mass is 256 g/mol. The van der Waals surface area contributed by atoms with Crippen molar-refractivity contribution < 1.29 is 4.79 Å². The maximum atomic E-state index is 11.5. The summed E-state index contributed by atoms with van der Waals surface area (Å²) < 4.78 is 0. The van der Waals surface area contributed by atoms with E-state index >= 15 is 0 Å². The zero-order valence-electron chi connectivity index (χ0n) is 12.3. The van der Waals surface area contributed by atoms with Crippen LogP contribution in [0.3, 0.4) is 0 Å². The van der Waals surface area contributed by atoms with E-state index in [0.29, 0.717) is 12.3 Å². The van der Waals surface area contributed by atoms with Crippen LogP contribution in [-0.4, -0.2) is 19.0 Å². The largest absolute Gasteiger partial charge is 0.356 e. The molecule has 3 N–H and O–H groups in total. The minimum Gasteiger partial charge on any atom is -0.356 e. The van der Waals surface area contributed by atoms with Gasteiger partial charge in [0.05, 0.1) is 0 Å². The lowest BCUT2D eigenvalue weighted by Gasteiger charge is -2.08. The Morgan fingerprint density at radius 2 is 1.78 bits per heavy atom. The minimum absolute atomic E-state index is 0.214. The van der Waals surface area contributed by atoms with Gasteiger partial charge in [0.15, 0.2) is 0 Å². The molecule has 0 aliphatic heterocycles. The Hall–Kier alpha value is -0.570. The third kappa shape index (κ3) is 11.9. The van der Waals surface area contributed by atoms with Crippen LogP contribution < -0.4 is 11.1 Å². The summed E-state index contributed by atoms with van der Waals surface area (Å²) >= 11 is 0. The predicted octanol–water partition coefficient (Wildman–Crippen LogP) is 3.23. The summed E-state index contributed by atoms with van der Waals surface area (Å²) in [6, 6.07) is 0. The first-order chi connectivity index (χ1) is 8.70. The molecule has 0 aliphatic carbocycles. The van der Waals surface area contributed by atoms with Crippen LogP contribution in [0.5, 0.6) is 0 Å². The van der Waals surface area contributed by atoms with Gasteiger partial charge in [0, 0.05) is 13.0 Å². The third-order valence-electron chi connectivity index (χ3n) is 3.36. The molecular weight excluding hydrogens is 224 g/mol. The molecule has 0 spiro atoms. The molecule has 0 aromatic rings. The molecule has 0 aliphatic rings. The molecule has 0 aromatic carbocycles. The van der Waals surface area contributed by atoms with Gasteiger partial charge < -0.3 is 11.1 Å². The maximum Gasteiger partial charge on any atom is 0.219 e. The van der Waals surface area contributed by atoms with Crippen molar-refractivity contribution in [2.24, 2.45) is 11.7 Å². The average molecular weight is 256 g/mol. The molecule has 1 unspecified atom stereocenters. The van der Waals surface area contributed by atoms with Crippen LogP contribution in [0.15, 0.2) is 0 Å². The van der Waals surface area contributed by atoms with Crippen molar-refractivity contribution in [3.8, 4) is 0 Å². The van der Waals surface area contributed by atoms with Gasteiger partial charge in [-0.2, -0.15) is 0 Å². The highest BCUT2D eigenvalue weighted by molar-refractivity contribution is 5.75. The van der Waals surface area contributed by atoms with Crippen molar-refractivity contribution in [3.05, 3.63) is 0 Å². The smallest absolute Gasteiger partial charge is 0.219 e. The Bertz CT molecular complexity index is 195. The van der Waals surface area contributed by atoms with Gasteiger partial charge in [-0.3, -0.25) is 4.79 Å². The number of unbranched alkanes of at least 4 members (excludes halogenated alkanes) is 5. The first-order valence-electron chi connectivity index (χ1n) is 7.67. The summed E-state index contributed by atoms with van der Waals surface area (Å²) in [6.45, 7) is 5.92. The molecule has 108 valence electrons. The second-order valence-electron chi connectivity index (χ2n) is 5.35. The molecule has 18 heavy (non-hydrogen) atoms. The van der Waals surface area contributed by atoms with Gasteiger partial charge in [0.25, 0.3) is 0 Å². The molecule has 1 amide bonds. The van der Waals surface area contributed by atoms with Gasteiger partial charge in [-0.1, -0.05) is 46.0 Å². The van der Waals surface area contributed by atoms with Crippen molar-refractivity contribution in [1.82, 2.24) is 5.32 Å². The highest BCUT2D eigenvalue weighted by Gasteiger charge is 2.02. The molecule has 0 heterocycles. The van der Waals surface area contributed by atoms with Gasteiger partial charge >= 0.3 is 0 Å². The van der Waals surface area contributed by atoms with E-state index in [1.165, 1.54) is 32.1 Å². The topological polar surface area (TPSA) is 55.1 Å². The molecule has 1 atom stereocenters. The second-order valence-corrected chi connectivity index (χ2v) is 5.35. The van der Waals surface area contributed by atoms with E-state index in [4.69, 9.17) is 5.73 Å². The quantitative estimate of drug-likeness (QED) is 0.527. The van der Waals surface area contributed by atoms with Crippen LogP contribution in [0.1, 0.15) is 71.6 Å². The normalized spacial score (nSPS) is 12.4. The fourth-order valence-corrected chi connectivity index (χ4v) is 1.95. The number of hydrogen-bond donors (Lipinski definition) is 2. The van der Waals surface area contributed by atoms with Crippen LogP contribution in [0.4, 0.5) is 0 Å². The molecule has 0 bridgehead atoms. The van der Waals surface area contributed by atoms with Crippen LogP contribution in [0.2, 0.25) is 0 Å². The van der Waals surface area contributed by atoms with E-state index in [2.05, 4.69) is 19.2 Å². The van der Waals surface area contributed by atoms with E-state index in [1.54, 1.807) is 0 Å². The lowest BCUT2D eigenvalue weighted by Crippen LogP contribution is -2.24. The van der Waals surface area contributed by atoms with Crippen LogP contribution in [0, 0.1) is 5.92 Å². The van der Waals surface area contributed by atoms with E-state index in [9.17, 15) is 4.79 Å². The summed E-state index contributed by atoms with van der Waals surface area (Å²) in [6.07, 6.45) is 10.3. The zero-order chi connectivity index (χ0) is 13.6. The molecule has 0 aromatic heterocycles. The summed E-state index contributed by atoms with van der Waals surface area (Å²) in [4.78, 5) is 11.5. The number of carbonyl (C=O) groups excluding carboxylic acids is 1. The van der Waals surface area contributed by atoms with E-state index < -0.39 is 0 Å². The fourth-order valence-electron chi connectivity index (χ4n) is 1.95. The zero-order valence-corrected chi connectivity index (χ0v) is 12.3. The van der Waals surface area contributed by atoms with Crippen LogP contribution in [-0.2, 0) is 4.79 Å². The number of amides is 1. The highest BCUT2D eigenvalue weighted by atomic mass is 16.1. The predicted molar refractivity (Wildman–Crippen MR) is 78.5 cm³/mol. The van der Waals surface area contributed by atoms with Gasteiger partial charge in [-0.05, 0) is 31.7 Å². The van der Waals surface area contributed by atoms with Gasteiger partial charge in [-0.15, -0.1) is 0 Å². The first kappa shape index (κ1) is 17.4. The van der Waals surface area contributed by atoms with Gasteiger partial charge in [0.2, 0.25) is 5.91 Å².